The number of nitrogens with one attached hydrogen (secondary N) is 1. The molecule has 29 heavy (non-hydrogen) atoms. The van der Waals surface area contributed by atoms with Gasteiger partial charge in [-0.25, -0.2) is 9.97 Å². The minimum atomic E-state index is -2.96. The van der Waals surface area contributed by atoms with Crippen LogP contribution in [-0.2, 0) is 6.42 Å². The average molecular weight is 429 g/mol. The molecule has 0 atom stereocenters. The van der Waals surface area contributed by atoms with E-state index in [2.05, 4.69) is 20.0 Å². The monoisotopic (exact) mass is 428 g/mol. The van der Waals surface area contributed by atoms with Crippen LogP contribution in [0.4, 0.5) is 14.7 Å². The third-order valence-electron chi connectivity index (χ3n) is 4.14. The van der Waals surface area contributed by atoms with Crippen LogP contribution in [0, 0.1) is 0 Å². The number of anilines is 1. The van der Waals surface area contributed by atoms with Crippen molar-refractivity contribution >= 4 is 23.5 Å². The number of alkyl halides is 2. The predicted molar refractivity (Wildman–Crippen MR) is 106 cm³/mol. The molecular formula is C19H23ClF2N4O3. The van der Waals surface area contributed by atoms with Crippen molar-refractivity contribution in [2.45, 2.75) is 26.9 Å². The number of nitrogens with zero attached hydrogens (tertiary/aromatic N) is 3. The topological polar surface area (TPSA) is 76.6 Å². The first-order chi connectivity index (χ1) is 13.9. The summed E-state index contributed by atoms with van der Waals surface area (Å²) in [5.41, 5.74) is 0.777. The van der Waals surface area contributed by atoms with Crippen LogP contribution in [0.3, 0.4) is 0 Å². The van der Waals surface area contributed by atoms with E-state index in [0.717, 1.165) is 0 Å². The van der Waals surface area contributed by atoms with Crippen LogP contribution in [0.25, 0.3) is 0 Å². The Bertz CT molecular complexity index is 835. The van der Waals surface area contributed by atoms with Gasteiger partial charge >= 0.3 is 6.61 Å². The number of carbonyl (C=O) groups excluding carboxylic acids is 1. The van der Waals surface area contributed by atoms with Gasteiger partial charge in [0, 0.05) is 19.6 Å². The molecule has 0 saturated carbocycles. The highest BCUT2D eigenvalue weighted by Crippen LogP contribution is 2.29. The lowest BCUT2D eigenvalue weighted by Crippen LogP contribution is -2.29. The van der Waals surface area contributed by atoms with Crippen LogP contribution in [0.15, 0.2) is 24.4 Å². The zero-order valence-corrected chi connectivity index (χ0v) is 17.2. The molecule has 0 unspecified atom stereocenters. The van der Waals surface area contributed by atoms with Crippen molar-refractivity contribution in [3.63, 3.8) is 0 Å². The number of hydrogen-bond donors (Lipinski definition) is 1. The number of methoxy groups -OCH3 is 1. The zero-order chi connectivity index (χ0) is 21.4. The highest BCUT2D eigenvalue weighted by molar-refractivity contribution is 6.33. The van der Waals surface area contributed by atoms with E-state index in [1.807, 2.05) is 18.7 Å². The number of rotatable bonds is 10. The number of halogens is 3. The Morgan fingerprint density at radius 1 is 1.28 bits per heavy atom. The van der Waals surface area contributed by atoms with E-state index < -0.39 is 12.5 Å². The first kappa shape index (κ1) is 22.6. The second-order valence-corrected chi connectivity index (χ2v) is 6.32. The summed E-state index contributed by atoms with van der Waals surface area (Å²) in [6.07, 6.45) is 1.79. The van der Waals surface area contributed by atoms with Crippen LogP contribution in [-0.4, -0.2) is 49.2 Å². The fourth-order valence-corrected chi connectivity index (χ4v) is 2.82. The normalized spacial score (nSPS) is 10.7. The lowest BCUT2D eigenvalue weighted by atomic mass is 10.1. The summed E-state index contributed by atoms with van der Waals surface area (Å²) in [7, 11) is 1.37. The lowest BCUT2D eigenvalue weighted by Gasteiger charge is -2.19. The van der Waals surface area contributed by atoms with Crippen LogP contribution < -0.4 is 19.7 Å². The minimum Gasteiger partial charge on any atom is -0.493 e. The van der Waals surface area contributed by atoms with E-state index in [4.69, 9.17) is 16.3 Å². The van der Waals surface area contributed by atoms with Gasteiger partial charge in [0.1, 0.15) is 0 Å². The van der Waals surface area contributed by atoms with E-state index in [0.29, 0.717) is 31.0 Å². The van der Waals surface area contributed by atoms with Crippen molar-refractivity contribution < 1.29 is 23.0 Å². The molecule has 0 aliphatic carbocycles. The summed E-state index contributed by atoms with van der Waals surface area (Å²) < 4.78 is 34.5. The van der Waals surface area contributed by atoms with Gasteiger partial charge in [0.05, 0.1) is 18.3 Å². The Hall–Kier alpha value is -2.68. The Kier molecular flexibility index (Phi) is 8.38. The van der Waals surface area contributed by atoms with E-state index >= 15 is 0 Å². The molecule has 0 spiro atoms. The van der Waals surface area contributed by atoms with Crippen LogP contribution in [0.2, 0.25) is 5.02 Å². The van der Waals surface area contributed by atoms with Gasteiger partial charge < -0.3 is 19.7 Å². The van der Waals surface area contributed by atoms with E-state index in [9.17, 15) is 13.6 Å². The molecule has 0 fully saturated rings. The van der Waals surface area contributed by atoms with Crippen molar-refractivity contribution in [2.75, 3.05) is 31.6 Å². The Balaban J connectivity index is 2.04. The first-order valence-corrected chi connectivity index (χ1v) is 9.44. The van der Waals surface area contributed by atoms with Crippen molar-refractivity contribution in [3.05, 3.63) is 40.7 Å². The van der Waals surface area contributed by atoms with Gasteiger partial charge in [-0.2, -0.15) is 8.78 Å². The molecule has 1 N–H and O–H groups in total. The van der Waals surface area contributed by atoms with Crippen molar-refractivity contribution in [1.82, 2.24) is 15.3 Å². The summed E-state index contributed by atoms with van der Waals surface area (Å²) >= 11 is 6.07. The SMILES string of the molecule is CCN(CC)c1ncc(Cl)c(C(=O)NCCc2ccc(OC)c(OC(F)F)c2)n1. The summed E-state index contributed by atoms with van der Waals surface area (Å²) in [4.78, 5) is 22.8. The van der Waals surface area contributed by atoms with Crippen LogP contribution in [0.5, 0.6) is 11.5 Å². The highest BCUT2D eigenvalue weighted by Gasteiger charge is 2.16. The maximum Gasteiger partial charge on any atom is 0.387 e. The Morgan fingerprint density at radius 3 is 2.62 bits per heavy atom. The number of aromatic nitrogens is 2. The second-order valence-electron chi connectivity index (χ2n) is 5.91. The van der Waals surface area contributed by atoms with E-state index in [1.54, 1.807) is 6.07 Å². The molecule has 0 aliphatic rings. The average Bonchev–Trinajstić information content (AvgIpc) is 2.69. The number of amides is 1. The summed E-state index contributed by atoms with van der Waals surface area (Å²) in [6.45, 7) is 2.60. The molecule has 1 aromatic carbocycles. The molecule has 1 heterocycles. The molecular weight excluding hydrogens is 406 g/mol. The third kappa shape index (κ3) is 6.15. The zero-order valence-electron chi connectivity index (χ0n) is 16.4. The smallest absolute Gasteiger partial charge is 0.387 e. The van der Waals surface area contributed by atoms with Crippen molar-refractivity contribution in [2.24, 2.45) is 0 Å². The molecule has 0 radical (unpaired) electrons. The second kappa shape index (κ2) is 10.8. The number of carbonyl (C=O) groups is 1. The maximum atomic E-state index is 12.5. The molecule has 7 nitrogen and oxygen atoms in total. The number of hydrogen-bond acceptors (Lipinski definition) is 6. The molecule has 158 valence electrons. The number of ether oxygens (including phenoxy) is 2. The summed E-state index contributed by atoms with van der Waals surface area (Å²) in [5.74, 6) is 0.126. The summed E-state index contributed by atoms with van der Waals surface area (Å²) in [6, 6.07) is 4.69. The Labute approximate surface area is 173 Å². The molecule has 1 aromatic heterocycles. The largest absolute Gasteiger partial charge is 0.493 e. The fraction of sp³-hybridized carbons (Fsp3) is 0.421. The quantitative estimate of drug-likeness (QED) is 0.623. The van der Waals surface area contributed by atoms with Gasteiger partial charge in [0.15, 0.2) is 17.2 Å². The third-order valence-corrected chi connectivity index (χ3v) is 4.41. The highest BCUT2D eigenvalue weighted by atomic mass is 35.5. The minimum absolute atomic E-state index is 0.0611. The van der Waals surface area contributed by atoms with Gasteiger partial charge in [-0.3, -0.25) is 4.79 Å². The standard InChI is InChI=1S/C19H23ClF2N4O3/c1-4-26(5-2)19-24-11-13(20)16(25-19)17(27)23-9-8-12-6-7-14(28-3)15(10-12)29-18(21)22/h6-7,10-11,18H,4-5,8-9H2,1-3H3,(H,23,27). The lowest BCUT2D eigenvalue weighted by molar-refractivity contribution is -0.0512. The molecule has 2 aromatic rings. The van der Waals surface area contributed by atoms with Gasteiger partial charge in [-0.1, -0.05) is 17.7 Å². The van der Waals surface area contributed by atoms with Crippen LogP contribution >= 0.6 is 11.6 Å². The first-order valence-electron chi connectivity index (χ1n) is 9.06. The van der Waals surface area contributed by atoms with Gasteiger partial charge in [-0.05, 0) is 38.0 Å². The van der Waals surface area contributed by atoms with Gasteiger partial charge in [0.25, 0.3) is 5.91 Å². The maximum absolute atomic E-state index is 12.5. The van der Waals surface area contributed by atoms with Crippen molar-refractivity contribution in [1.29, 1.82) is 0 Å². The molecule has 0 saturated heterocycles. The molecule has 2 rings (SSSR count). The number of benzene rings is 1. The molecule has 1 amide bonds. The van der Waals surface area contributed by atoms with Crippen LogP contribution in [0.1, 0.15) is 29.9 Å². The van der Waals surface area contributed by atoms with E-state index in [1.165, 1.54) is 25.4 Å². The summed E-state index contributed by atoms with van der Waals surface area (Å²) in [5, 5.41) is 2.88. The Morgan fingerprint density at radius 2 is 2.00 bits per heavy atom. The molecule has 0 aliphatic heterocycles. The van der Waals surface area contributed by atoms with Crippen molar-refractivity contribution in [3.8, 4) is 11.5 Å². The van der Waals surface area contributed by atoms with Gasteiger partial charge in [0.2, 0.25) is 5.95 Å². The fourth-order valence-electron chi connectivity index (χ4n) is 2.64. The predicted octanol–water partition coefficient (Wildman–Crippen LogP) is 3.56. The molecule has 10 heteroatoms. The molecule has 0 bridgehead atoms. The van der Waals surface area contributed by atoms with E-state index in [-0.39, 0.29) is 28.8 Å². The van der Waals surface area contributed by atoms with Gasteiger partial charge in [-0.15, -0.1) is 0 Å².